The summed E-state index contributed by atoms with van der Waals surface area (Å²) in [5.74, 6) is -0.496. The van der Waals surface area contributed by atoms with E-state index in [4.69, 9.17) is 10.0 Å². The molecule has 0 spiro atoms. The van der Waals surface area contributed by atoms with Gasteiger partial charge in [0.25, 0.3) is 0 Å². The summed E-state index contributed by atoms with van der Waals surface area (Å²) in [5.41, 5.74) is -0.247. The summed E-state index contributed by atoms with van der Waals surface area (Å²) in [4.78, 5) is 13.9. The lowest BCUT2D eigenvalue weighted by Gasteiger charge is -2.29. The highest BCUT2D eigenvalue weighted by Crippen LogP contribution is 2.76. The second-order valence-corrected chi connectivity index (χ2v) is 6.06. The van der Waals surface area contributed by atoms with Crippen LogP contribution in [0.1, 0.15) is 19.8 Å². The number of hydrogen-bond acceptors (Lipinski definition) is 5. The highest BCUT2D eigenvalue weighted by molar-refractivity contribution is 6.40. The van der Waals surface area contributed by atoms with E-state index in [9.17, 15) is 9.90 Å². The van der Waals surface area contributed by atoms with E-state index in [1.807, 2.05) is 0 Å². The first kappa shape index (κ1) is 13.4. The van der Waals surface area contributed by atoms with Gasteiger partial charge in [-0.15, -0.1) is 0 Å². The third kappa shape index (κ3) is 1.44. The molecule has 1 saturated carbocycles. The Morgan fingerprint density at radius 2 is 2.26 bits per heavy atom. The van der Waals surface area contributed by atoms with Crippen LogP contribution in [0.3, 0.4) is 0 Å². The molecule has 3 rings (SSSR count). The smallest absolute Gasteiger partial charge is 0.451 e. The predicted molar refractivity (Wildman–Crippen MR) is 69.6 cm³/mol. The molecule has 2 heterocycles. The Balaban J connectivity index is 1.86. The molecular weight excluding hydrogens is 247 g/mol. The minimum atomic E-state index is -1.29. The van der Waals surface area contributed by atoms with E-state index < -0.39 is 19.1 Å². The van der Waals surface area contributed by atoms with Crippen molar-refractivity contribution in [2.45, 2.75) is 37.7 Å². The van der Waals surface area contributed by atoms with Gasteiger partial charge in [0, 0.05) is 17.5 Å². The molecule has 0 bridgehead atoms. The Morgan fingerprint density at radius 3 is 2.84 bits per heavy atom. The van der Waals surface area contributed by atoms with Crippen LogP contribution in [0.15, 0.2) is 0 Å². The van der Waals surface area contributed by atoms with Crippen LogP contribution in [-0.2, 0) is 4.79 Å². The molecule has 3 aliphatic rings. The number of hydrogen-bond donors (Lipinski definition) is 4. The van der Waals surface area contributed by atoms with Crippen molar-refractivity contribution in [2.24, 2.45) is 11.3 Å². The SMILES string of the molecule is CCN1CC[C@@]23C(CCB(O)O)[C@@]12CN[C@@H]3C(=O)O. The first-order valence-corrected chi connectivity index (χ1v) is 7.08. The molecule has 4 atom stereocenters. The van der Waals surface area contributed by atoms with Crippen molar-refractivity contribution in [3.63, 3.8) is 0 Å². The quantitative estimate of drug-likeness (QED) is 0.477. The Hall–Kier alpha value is -0.625. The summed E-state index contributed by atoms with van der Waals surface area (Å²) in [5, 5.41) is 30.7. The number of piperidine rings is 2. The molecule has 0 aromatic carbocycles. The summed E-state index contributed by atoms with van der Waals surface area (Å²) < 4.78 is 0. The highest BCUT2D eigenvalue weighted by Gasteiger charge is 2.86. The van der Waals surface area contributed by atoms with Crippen molar-refractivity contribution in [2.75, 3.05) is 19.6 Å². The Morgan fingerprint density at radius 1 is 1.53 bits per heavy atom. The van der Waals surface area contributed by atoms with Crippen molar-refractivity contribution in [3.05, 3.63) is 0 Å². The van der Waals surface area contributed by atoms with Crippen LogP contribution in [0.25, 0.3) is 0 Å². The number of likely N-dealkylation sites (N-methyl/N-ethyl adjacent to an activating group) is 1. The molecule has 0 aromatic heterocycles. The predicted octanol–water partition coefficient (Wildman–Crippen LogP) is -1.01. The number of carboxylic acids is 1. The van der Waals surface area contributed by atoms with Crippen molar-refractivity contribution in [1.29, 1.82) is 0 Å². The van der Waals surface area contributed by atoms with Crippen molar-refractivity contribution in [3.8, 4) is 0 Å². The molecule has 2 saturated heterocycles. The van der Waals surface area contributed by atoms with Crippen molar-refractivity contribution in [1.82, 2.24) is 10.2 Å². The molecule has 19 heavy (non-hydrogen) atoms. The summed E-state index contributed by atoms with van der Waals surface area (Å²) in [6.07, 6.45) is 1.93. The van der Waals surface area contributed by atoms with E-state index in [1.165, 1.54) is 0 Å². The summed E-state index contributed by atoms with van der Waals surface area (Å²) in [7, 11) is -1.29. The van der Waals surface area contributed by atoms with E-state index in [1.54, 1.807) is 0 Å². The van der Waals surface area contributed by atoms with Crippen LogP contribution in [0.5, 0.6) is 0 Å². The monoisotopic (exact) mass is 268 g/mol. The number of nitrogens with zero attached hydrogens (tertiary/aromatic N) is 1. The fourth-order valence-electron chi connectivity index (χ4n) is 5.12. The molecule has 0 radical (unpaired) electrons. The number of likely N-dealkylation sites (tertiary alicyclic amines) is 1. The van der Waals surface area contributed by atoms with E-state index in [0.717, 1.165) is 19.5 Å². The lowest BCUT2D eigenvalue weighted by molar-refractivity contribution is -0.141. The molecule has 1 unspecified atom stereocenters. The van der Waals surface area contributed by atoms with Gasteiger partial charge in [-0.3, -0.25) is 9.69 Å². The average Bonchev–Trinajstić information content (AvgIpc) is 2.63. The number of carboxylic acid groups (broad SMARTS) is 1. The van der Waals surface area contributed by atoms with Gasteiger partial charge >= 0.3 is 13.1 Å². The maximum absolute atomic E-state index is 11.5. The van der Waals surface area contributed by atoms with Gasteiger partial charge in [-0.25, -0.2) is 0 Å². The lowest BCUT2D eigenvalue weighted by Crippen LogP contribution is -2.45. The van der Waals surface area contributed by atoms with Crippen LogP contribution >= 0.6 is 0 Å². The van der Waals surface area contributed by atoms with Crippen LogP contribution < -0.4 is 5.32 Å². The Kier molecular flexibility index (Phi) is 2.94. The van der Waals surface area contributed by atoms with Gasteiger partial charge in [0.05, 0.1) is 0 Å². The van der Waals surface area contributed by atoms with Gasteiger partial charge in [-0.2, -0.15) is 0 Å². The van der Waals surface area contributed by atoms with Gasteiger partial charge in [0.15, 0.2) is 0 Å². The lowest BCUT2D eigenvalue weighted by atomic mass is 9.80. The zero-order valence-electron chi connectivity index (χ0n) is 11.2. The number of carbonyl (C=O) groups is 1. The minimum Gasteiger partial charge on any atom is -0.480 e. The standard InChI is InChI=1S/C12H21BN2O4/c1-2-15-6-4-11-8(3-5-13(18)19)12(11,15)7-14-9(11)10(16)17/h8-9,14,18-19H,2-7H2,1H3,(H,16,17)/t8?,9-,11+,12-/m1/s1. The summed E-state index contributed by atoms with van der Waals surface area (Å²) in [6.45, 7) is 4.70. The fraction of sp³-hybridized carbons (Fsp3) is 0.917. The second-order valence-electron chi connectivity index (χ2n) is 6.06. The molecule has 2 aliphatic heterocycles. The minimum absolute atomic E-state index is 0.0559. The molecule has 0 amide bonds. The third-order valence-corrected chi connectivity index (χ3v) is 5.71. The van der Waals surface area contributed by atoms with E-state index in [-0.39, 0.29) is 16.9 Å². The molecule has 3 fully saturated rings. The van der Waals surface area contributed by atoms with Gasteiger partial charge in [-0.05, 0) is 38.2 Å². The normalized spacial score (nSPS) is 43.9. The number of nitrogens with one attached hydrogen (secondary N) is 1. The maximum atomic E-state index is 11.5. The molecule has 1 aliphatic carbocycles. The number of rotatable bonds is 5. The van der Waals surface area contributed by atoms with Gasteiger partial charge in [0.2, 0.25) is 0 Å². The molecule has 6 nitrogen and oxygen atoms in total. The van der Waals surface area contributed by atoms with Crippen LogP contribution in [0, 0.1) is 11.3 Å². The Labute approximate surface area is 112 Å². The zero-order chi connectivity index (χ0) is 13.8. The number of aliphatic carboxylic acids is 1. The Bertz CT molecular complexity index is 407. The van der Waals surface area contributed by atoms with E-state index in [0.29, 0.717) is 19.3 Å². The van der Waals surface area contributed by atoms with Gasteiger partial charge < -0.3 is 20.5 Å². The molecule has 106 valence electrons. The first-order valence-electron chi connectivity index (χ1n) is 7.08. The van der Waals surface area contributed by atoms with Crippen molar-refractivity contribution < 1.29 is 19.9 Å². The molecule has 7 heteroatoms. The zero-order valence-corrected chi connectivity index (χ0v) is 11.2. The van der Waals surface area contributed by atoms with Crippen LogP contribution in [-0.4, -0.2) is 64.4 Å². The highest BCUT2D eigenvalue weighted by atomic mass is 16.4. The van der Waals surface area contributed by atoms with Crippen LogP contribution in [0.2, 0.25) is 6.32 Å². The van der Waals surface area contributed by atoms with Crippen LogP contribution in [0.4, 0.5) is 0 Å². The van der Waals surface area contributed by atoms with Gasteiger partial charge in [0.1, 0.15) is 6.04 Å². The third-order valence-electron chi connectivity index (χ3n) is 5.71. The van der Waals surface area contributed by atoms with Crippen molar-refractivity contribution >= 4 is 13.1 Å². The average molecular weight is 268 g/mol. The van der Waals surface area contributed by atoms with E-state index >= 15 is 0 Å². The van der Waals surface area contributed by atoms with E-state index in [2.05, 4.69) is 17.1 Å². The largest absolute Gasteiger partial charge is 0.480 e. The second kappa shape index (κ2) is 4.18. The first-order chi connectivity index (χ1) is 9.00. The van der Waals surface area contributed by atoms with Gasteiger partial charge in [-0.1, -0.05) is 6.92 Å². The maximum Gasteiger partial charge on any atom is 0.451 e. The topological polar surface area (TPSA) is 93.0 Å². The fourth-order valence-corrected chi connectivity index (χ4v) is 5.12. The molecule has 0 aromatic rings. The molecule has 4 N–H and O–H groups in total. The summed E-state index contributed by atoms with van der Waals surface area (Å²) >= 11 is 0. The summed E-state index contributed by atoms with van der Waals surface area (Å²) in [6, 6.07) is -0.482. The molecular formula is C12H21BN2O4.